The maximum absolute atomic E-state index is 12.1. The highest BCUT2D eigenvalue weighted by atomic mass is 79.9. The molecule has 0 aromatic carbocycles. The van der Waals surface area contributed by atoms with Crippen molar-refractivity contribution in [2.75, 3.05) is 12.4 Å². The molecule has 0 aliphatic heterocycles. The highest BCUT2D eigenvalue weighted by Gasteiger charge is 2.63. The molecule has 104 valence electrons. The smallest absolute Gasteiger partial charge is 0.318 e. The fraction of sp³-hybridized carbons (Fsp3) is 0.357. The second-order valence-corrected chi connectivity index (χ2v) is 5.52. The summed E-state index contributed by atoms with van der Waals surface area (Å²) in [7, 11) is 1.42. The molecule has 1 fully saturated rings. The van der Waals surface area contributed by atoms with E-state index in [1.165, 1.54) is 7.11 Å². The summed E-state index contributed by atoms with van der Waals surface area (Å²) in [5.41, 5.74) is 0.151. The lowest BCUT2D eigenvalue weighted by atomic mass is 10.0. The van der Waals surface area contributed by atoms with E-state index in [4.69, 9.17) is 4.74 Å². The molecule has 2 aromatic rings. The third-order valence-electron chi connectivity index (χ3n) is 3.79. The van der Waals surface area contributed by atoms with E-state index in [-0.39, 0.29) is 11.9 Å². The molecule has 0 radical (unpaired) electrons. The molecule has 6 heteroatoms. The molecule has 0 amide bonds. The van der Waals surface area contributed by atoms with Crippen LogP contribution in [0.1, 0.15) is 12.1 Å². The van der Waals surface area contributed by atoms with Crippen molar-refractivity contribution < 1.29 is 9.53 Å². The summed E-state index contributed by atoms with van der Waals surface area (Å²) in [6.45, 7) is 0. The van der Waals surface area contributed by atoms with Gasteiger partial charge in [-0.25, -0.2) is 9.97 Å². The molecule has 1 aliphatic rings. The number of rotatable bonds is 4. The standard InChI is InChI=1S/C14H14BrN3O2/c1-20-13(19)14(6-10(14)7-15)11-8-18(9-17-11)12-4-2-3-5-16-12/h2-5,8-10H,6-7H2,1H3/t10-,14-/m1/s1. The molecule has 0 bridgehead atoms. The van der Waals surface area contributed by atoms with Gasteiger partial charge >= 0.3 is 5.97 Å². The van der Waals surface area contributed by atoms with Crippen molar-refractivity contribution in [1.29, 1.82) is 0 Å². The Balaban J connectivity index is 1.95. The van der Waals surface area contributed by atoms with Gasteiger partial charge in [0.15, 0.2) is 0 Å². The lowest BCUT2D eigenvalue weighted by molar-refractivity contribution is -0.144. The van der Waals surface area contributed by atoms with Crippen molar-refractivity contribution in [1.82, 2.24) is 14.5 Å². The van der Waals surface area contributed by atoms with Gasteiger partial charge in [0, 0.05) is 17.7 Å². The number of methoxy groups -OCH3 is 1. The first-order chi connectivity index (χ1) is 9.72. The zero-order valence-electron chi connectivity index (χ0n) is 11.0. The van der Waals surface area contributed by atoms with Gasteiger partial charge in [-0.2, -0.15) is 0 Å². The summed E-state index contributed by atoms with van der Waals surface area (Å²) < 4.78 is 6.78. The zero-order valence-corrected chi connectivity index (χ0v) is 12.6. The maximum Gasteiger partial charge on any atom is 0.318 e. The first kappa shape index (κ1) is 13.3. The number of hydrogen-bond donors (Lipinski definition) is 0. The molecule has 0 N–H and O–H groups in total. The molecule has 3 rings (SSSR count). The summed E-state index contributed by atoms with van der Waals surface area (Å²) in [5.74, 6) is 0.803. The lowest BCUT2D eigenvalue weighted by Crippen LogP contribution is -2.25. The van der Waals surface area contributed by atoms with Gasteiger partial charge in [-0.05, 0) is 24.5 Å². The Labute approximate surface area is 125 Å². The fourth-order valence-electron chi connectivity index (χ4n) is 2.55. The van der Waals surface area contributed by atoms with Crippen LogP contribution in [0.2, 0.25) is 0 Å². The summed E-state index contributed by atoms with van der Waals surface area (Å²) in [5, 5.41) is 0.762. The van der Waals surface area contributed by atoms with Crippen LogP contribution < -0.4 is 0 Å². The maximum atomic E-state index is 12.1. The Bertz CT molecular complexity index is 628. The lowest BCUT2D eigenvalue weighted by Gasteiger charge is -2.11. The first-order valence-corrected chi connectivity index (χ1v) is 7.44. The molecule has 5 nitrogen and oxygen atoms in total. The molecule has 20 heavy (non-hydrogen) atoms. The number of carbonyl (C=O) groups is 1. The topological polar surface area (TPSA) is 57.0 Å². The van der Waals surface area contributed by atoms with Crippen molar-refractivity contribution in [2.24, 2.45) is 5.92 Å². The van der Waals surface area contributed by atoms with Crippen molar-refractivity contribution >= 4 is 21.9 Å². The number of esters is 1. The van der Waals surface area contributed by atoms with Crippen LogP contribution in [0.4, 0.5) is 0 Å². The summed E-state index contributed by atoms with van der Waals surface area (Å²) >= 11 is 3.44. The third-order valence-corrected chi connectivity index (χ3v) is 4.58. The van der Waals surface area contributed by atoms with Crippen LogP contribution in [0.5, 0.6) is 0 Å². The molecule has 2 aromatic heterocycles. The van der Waals surface area contributed by atoms with E-state index < -0.39 is 5.41 Å². The number of ether oxygens (including phenoxy) is 1. The van der Waals surface area contributed by atoms with E-state index in [2.05, 4.69) is 25.9 Å². The van der Waals surface area contributed by atoms with Gasteiger partial charge in [0.2, 0.25) is 0 Å². The van der Waals surface area contributed by atoms with Crippen LogP contribution in [-0.2, 0) is 14.9 Å². The van der Waals surface area contributed by atoms with Gasteiger partial charge in [-0.15, -0.1) is 0 Å². The molecule has 0 unspecified atom stereocenters. The number of halogens is 1. The van der Waals surface area contributed by atoms with Crippen molar-refractivity contribution in [3.63, 3.8) is 0 Å². The van der Waals surface area contributed by atoms with E-state index in [0.717, 1.165) is 23.3 Å². The van der Waals surface area contributed by atoms with E-state index in [0.29, 0.717) is 0 Å². The van der Waals surface area contributed by atoms with Crippen LogP contribution in [0.15, 0.2) is 36.9 Å². The largest absolute Gasteiger partial charge is 0.468 e. The van der Waals surface area contributed by atoms with Gasteiger partial charge in [-0.1, -0.05) is 22.0 Å². The molecule has 1 saturated carbocycles. The molecule has 0 saturated heterocycles. The molecule has 2 heterocycles. The normalized spacial score (nSPS) is 24.4. The Hall–Kier alpha value is -1.69. The van der Waals surface area contributed by atoms with E-state index >= 15 is 0 Å². The van der Waals surface area contributed by atoms with Gasteiger partial charge in [-0.3, -0.25) is 9.36 Å². The highest BCUT2D eigenvalue weighted by molar-refractivity contribution is 9.09. The Kier molecular flexibility index (Phi) is 3.33. The summed E-state index contributed by atoms with van der Waals surface area (Å²) in [4.78, 5) is 20.8. The van der Waals surface area contributed by atoms with Crippen LogP contribution in [0.3, 0.4) is 0 Å². The first-order valence-electron chi connectivity index (χ1n) is 6.32. The van der Waals surface area contributed by atoms with Gasteiger partial charge < -0.3 is 4.74 Å². The van der Waals surface area contributed by atoms with Crippen LogP contribution in [-0.4, -0.2) is 32.9 Å². The SMILES string of the molecule is COC(=O)[C@]1(c2cn(-c3ccccn3)cn2)C[C@@H]1CBr. The van der Waals surface area contributed by atoms with Crippen molar-refractivity contribution in [2.45, 2.75) is 11.8 Å². The van der Waals surface area contributed by atoms with Gasteiger partial charge in [0.25, 0.3) is 0 Å². The van der Waals surface area contributed by atoms with E-state index in [9.17, 15) is 4.79 Å². The fourth-order valence-corrected chi connectivity index (χ4v) is 3.33. The minimum absolute atomic E-state index is 0.215. The summed E-state index contributed by atoms with van der Waals surface area (Å²) in [6.07, 6.45) is 6.04. The second kappa shape index (κ2) is 5.01. The predicted octanol–water partition coefficient (Wildman–Crippen LogP) is 2.09. The zero-order chi connectivity index (χ0) is 14.2. The van der Waals surface area contributed by atoms with E-state index in [1.54, 1.807) is 12.5 Å². The van der Waals surface area contributed by atoms with Crippen molar-refractivity contribution in [3.8, 4) is 5.82 Å². The Morgan fingerprint density at radius 2 is 2.40 bits per heavy atom. The van der Waals surface area contributed by atoms with Gasteiger partial charge in [0.1, 0.15) is 17.6 Å². The third kappa shape index (κ3) is 1.95. The number of nitrogens with zero attached hydrogens (tertiary/aromatic N) is 3. The second-order valence-electron chi connectivity index (χ2n) is 4.87. The molecule has 2 atom stereocenters. The highest BCUT2D eigenvalue weighted by Crippen LogP contribution is 2.55. The number of hydrogen-bond acceptors (Lipinski definition) is 4. The Morgan fingerprint density at radius 3 is 3.00 bits per heavy atom. The van der Waals surface area contributed by atoms with Crippen LogP contribution >= 0.6 is 15.9 Å². The minimum Gasteiger partial charge on any atom is -0.468 e. The quantitative estimate of drug-likeness (QED) is 0.634. The van der Waals surface area contributed by atoms with E-state index in [1.807, 2.05) is 29.0 Å². The number of pyridine rings is 1. The predicted molar refractivity (Wildman–Crippen MR) is 77.0 cm³/mol. The van der Waals surface area contributed by atoms with Gasteiger partial charge in [0.05, 0.1) is 12.8 Å². The van der Waals surface area contributed by atoms with Crippen LogP contribution in [0.25, 0.3) is 5.82 Å². The molecule has 0 spiro atoms. The number of carbonyl (C=O) groups excluding carboxylic acids is 1. The average molecular weight is 336 g/mol. The molecular weight excluding hydrogens is 322 g/mol. The number of alkyl halides is 1. The number of imidazole rings is 1. The Morgan fingerprint density at radius 1 is 1.55 bits per heavy atom. The summed E-state index contributed by atoms with van der Waals surface area (Å²) in [6, 6.07) is 5.67. The van der Waals surface area contributed by atoms with Crippen molar-refractivity contribution in [3.05, 3.63) is 42.6 Å². The monoisotopic (exact) mass is 335 g/mol. The molecular formula is C14H14BrN3O2. The number of aromatic nitrogens is 3. The average Bonchev–Trinajstić information content (AvgIpc) is 3.05. The van der Waals surface area contributed by atoms with Crippen LogP contribution in [0, 0.1) is 5.92 Å². The minimum atomic E-state index is -0.599. The molecule has 1 aliphatic carbocycles.